The summed E-state index contributed by atoms with van der Waals surface area (Å²) in [5.41, 5.74) is 8.09. The van der Waals surface area contributed by atoms with E-state index in [9.17, 15) is 0 Å². The Balaban J connectivity index is 2.90. The molecule has 0 saturated carbocycles. The van der Waals surface area contributed by atoms with Gasteiger partial charge in [-0.25, -0.2) is 0 Å². The number of nitrogens with zero attached hydrogens (tertiary/aromatic N) is 1. The molecule has 0 aromatic heterocycles. The molecule has 2 nitrogen and oxygen atoms in total. The first-order valence-corrected chi connectivity index (χ1v) is 6.25. The van der Waals surface area contributed by atoms with E-state index in [1.165, 1.54) is 5.56 Å². The molecule has 0 aliphatic heterocycles. The van der Waals surface area contributed by atoms with E-state index in [-0.39, 0.29) is 6.04 Å². The zero-order chi connectivity index (χ0) is 12.1. The standard InChI is InChI=1S/C13H21ClN2/c1-4-16(5-2)13-7-6-11(8-10(3)15)9-12(13)14/h6-7,9-10H,4-5,8,15H2,1-3H3. The van der Waals surface area contributed by atoms with E-state index in [1.807, 2.05) is 13.0 Å². The first-order chi connectivity index (χ1) is 7.58. The van der Waals surface area contributed by atoms with Crippen molar-refractivity contribution in [3.63, 3.8) is 0 Å². The molecule has 0 aliphatic carbocycles. The van der Waals surface area contributed by atoms with Gasteiger partial charge in [-0.05, 0) is 44.9 Å². The van der Waals surface area contributed by atoms with Crippen molar-refractivity contribution in [1.82, 2.24) is 0 Å². The van der Waals surface area contributed by atoms with Gasteiger partial charge in [0.1, 0.15) is 0 Å². The number of hydrogen-bond acceptors (Lipinski definition) is 2. The van der Waals surface area contributed by atoms with Crippen LogP contribution in [-0.4, -0.2) is 19.1 Å². The van der Waals surface area contributed by atoms with Gasteiger partial charge in [0, 0.05) is 19.1 Å². The summed E-state index contributed by atoms with van der Waals surface area (Å²) in [4.78, 5) is 2.25. The second-order valence-electron chi connectivity index (χ2n) is 4.14. The van der Waals surface area contributed by atoms with Crippen LogP contribution in [0.25, 0.3) is 0 Å². The molecule has 0 saturated heterocycles. The lowest BCUT2D eigenvalue weighted by Crippen LogP contribution is -2.22. The summed E-state index contributed by atoms with van der Waals surface area (Å²) in [5.74, 6) is 0. The highest BCUT2D eigenvalue weighted by molar-refractivity contribution is 6.33. The van der Waals surface area contributed by atoms with Crippen LogP contribution >= 0.6 is 11.6 Å². The van der Waals surface area contributed by atoms with Crippen LogP contribution in [0.1, 0.15) is 26.3 Å². The van der Waals surface area contributed by atoms with E-state index < -0.39 is 0 Å². The van der Waals surface area contributed by atoms with Crippen molar-refractivity contribution >= 4 is 17.3 Å². The third-order valence-electron chi connectivity index (χ3n) is 2.67. The molecule has 2 N–H and O–H groups in total. The highest BCUT2D eigenvalue weighted by Crippen LogP contribution is 2.27. The smallest absolute Gasteiger partial charge is 0.0642 e. The molecule has 16 heavy (non-hydrogen) atoms. The summed E-state index contributed by atoms with van der Waals surface area (Å²) >= 11 is 6.28. The zero-order valence-electron chi connectivity index (χ0n) is 10.3. The van der Waals surface area contributed by atoms with Gasteiger partial charge in [0.2, 0.25) is 0 Å². The van der Waals surface area contributed by atoms with Crippen molar-refractivity contribution in [3.05, 3.63) is 28.8 Å². The van der Waals surface area contributed by atoms with E-state index >= 15 is 0 Å². The molecule has 3 heteroatoms. The lowest BCUT2D eigenvalue weighted by molar-refractivity contribution is 0.738. The normalized spacial score (nSPS) is 12.6. The number of rotatable bonds is 5. The van der Waals surface area contributed by atoms with E-state index in [4.69, 9.17) is 17.3 Å². The van der Waals surface area contributed by atoms with Crippen LogP contribution in [0.3, 0.4) is 0 Å². The molecule has 0 heterocycles. The van der Waals surface area contributed by atoms with Gasteiger partial charge in [-0.1, -0.05) is 17.7 Å². The topological polar surface area (TPSA) is 29.3 Å². The largest absolute Gasteiger partial charge is 0.371 e. The van der Waals surface area contributed by atoms with Gasteiger partial charge in [-0.15, -0.1) is 0 Å². The Kier molecular flexibility index (Phi) is 5.10. The molecule has 0 spiro atoms. The summed E-state index contributed by atoms with van der Waals surface area (Å²) in [5, 5.41) is 0.821. The fourth-order valence-corrected chi connectivity index (χ4v) is 2.19. The van der Waals surface area contributed by atoms with Gasteiger partial charge in [-0.2, -0.15) is 0 Å². The SMILES string of the molecule is CCN(CC)c1ccc(CC(C)N)cc1Cl. The van der Waals surface area contributed by atoms with E-state index in [0.717, 1.165) is 30.2 Å². The maximum Gasteiger partial charge on any atom is 0.0642 e. The quantitative estimate of drug-likeness (QED) is 0.857. The second kappa shape index (κ2) is 6.12. The molecule has 1 rings (SSSR count). The minimum atomic E-state index is 0.176. The van der Waals surface area contributed by atoms with Crippen LogP contribution in [0, 0.1) is 0 Å². The van der Waals surface area contributed by atoms with Gasteiger partial charge in [0.05, 0.1) is 10.7 Å². The zero-order valence-corrected chi connectivity index (χ0v) is 11.1. The van der Waals surface area contributed by atoms with Crippen LogP contribution in [0.4, 0.5) is 5.69 Å². The molecule has 1 aromatic carbocycles. The van der Waals surface area contributed by atoms with Crippen molar-refractivity contribution in [2.45, 2.75) is 33.2 Å². The van der Waals surface area contributed by atoms with Gasteiger partial charge in [0.15, 0.2) is 0 Å². The summed E-state index contributed by atoms with van der Waals surface area (Å²) in [6, 6.07) is 6.41. The monoisotopic (exact) mass is 240 g/mol. The number of benzene rings is 1. The van der Waals surface area contributed by atoms with Gasteiger partial charge in [0.25, 0.3) is 0 Å². The fraction of sp³-hybridized carbons (Fsp3) is 0.538. The molecule has 0 bridgehead atoms. The highest BCUT2D eigenvalue weighted by atomic mass is 35.5. The summed E-state index contributed by atoms with van der Waals surface area (Å²) < 4.78 is 0. The van der Waals surface area contributed by atoms with Gasteiger partial charge < -0.3 is 10.6 Å². The van der Waals surface area contributed by atoms with Crippen LogP contribution < -0.4 is 10.6 Å². The average Bonchev–Trinajstić information content (AvgIpc) is 2.21. The van der Waals surface area contributed by atoms with Crippen LogP contribution in [0.2, 0.25) is 5.02 Å². The van der Waals surface area contributed by atoms with E-state index in [0.29, 0.717) is 0 Å². The molecule has 1 aromatic rings. The summed E-state index contributed by atoms with van der Waals surface area (Å²) in [6.45, 7) is 8.23. The Bertz CT molecular complexity index is 333. The van der Waals surface area contributed by atoms with Crippen LogP contribution in [0.15, 0.2) is 18.2 Å². The third kappa shape index (κ3) is 3.39. The average molecular weight is 241 g/mol. The minimum absolute atomic E-state index is 0.176. The van der Waals surface area contributed by atoms with Crippen molar-refractivity contribution in [2.24, 2.45) is 5.73 Å². The third-order valence-corrected chi connectivity index (χ3v) is 2.98. The summed E-state index contributed by atoms with van der Waals surface area (Å²) in [7, 11) is 0. The predicted molar refractivity (Wildman–Crippen MR) is 72.4 cm³/mol. The second-order valence-corrected chi connectivity index (χ2v) is 4.55. The van der Waals surface area contributed by atoms with Crippen molar-refractivity contribution in [3.8, 4) is 0 Å². The number of anilines is 1. The molecule has 0 radical (unpaired) electrons. The first kappa shape index (κ1) is 13.3. The Morgan fingerprint density at radius 1 is 1.31 bits per heavy atom. The highest BCUT2D eigenvalue weighted by Gasteiger charge is 2.08. The van der Waals surface area contributed by atoms with E-state index in [2.05, 4.69) is 30.9 Å². The van der Waals surface area contributed by atoms with Gasteiger partial charge >= 0.3 is 0 Å². The molecule has 1 atom stereocenters. The number of nitrogens with two attached hydrogens (primary N) is 1. The molecule has 0 aliphatic rings. The predicted octanol–water partition coefficient (Wildman–Crippen LogP) is 3.08. The number of halogens is 1. The van der Waals surface area contributed by atoms with Crippen molar-refractivity contribution in [1.29, 1.82) is 0 Å². The Labute approximate surface area is 103 Å². The Morgan fingerprint density at radius 2 is 1.94 bits per heavy atom. The maximum atomic E-state index is 6.28. The fourth-order valence-electron chi connectivity index (χ4n) is 1.87. The molecule has 0 fully saturated rings. The molecule has 0 amide bonds. The van der Waals surface area contributed by atoms with Crippen molar-refractivity contribution in [2.75, 3.05) is 18.0 Å². The van der Waals surface area contributed by atoms with Crippen LogP contribution in [0.5, 0.6) is 0 Å². The van der Waals surface area contributed by atoms with Crippen LogP contribution in [-0.2, 0) is 6.42 Å². The van der Waals surface area contributed by atoms with Gasteiger partial charge in [-0.3, -0.25) is 0 Å². The number of hydrogen-bond donors (Lipinski definition) is 1. The molecule has 1 unspecified atom stereocenters. The first-order valence-electron chi connectivity index (χ1n) is 5.87. The maximum absolute atomic E-state index is 6.28. The van der Waals surface area contributed by atoms with E-state index in [1.54, 1.807) is 0 Å². The molecule has 90 valence electrons. The lowest BCUT2D eigenvalue weighted by atomic mass is 10.1. The molecular weight excluding hydrogens is 220 g/mol. The Morgan fingerprint density at radius 3 is 2.38 bits per heavy atom. The Hall–Kier alpha value is -0.730. The lowest BCUT2D eigenvalue weighted by Gasteiger charge is -2.22. The minimum Gasteiger partial charge on any atom is -0.371 e. The van der Waals surface area contributed by atoms with Crippen molar-refractivity contribution < 1.29 is 0 Å². The summed E-state index contributed by atoms with van der Waals surface area (Å²) in [6.07, 6.45) is 0.873. The molecular formula is C13H21ClN2.